The average Bonchev–Trinajstić information content (AvgIpc) is 2.96. The van der Waals surface area contributed by atoms with Crippen molar-refractivity contribution in [3.05, 3.63) is 88.5 Å². The van der Waals surface area contributed by atoms with Gasteiger partial charge in [-0.25, -0.2) is 19.1 Å². The third-order valence-corrected chi connectivity index (χ3v) is 6.61. The number of anilines is 1. The van der Waals surface area contributed by atoms with E-state index in [0.29, 0.717) is 23.5 Å². The molecule has 1 aromatic heterocycles. The summed E-state index contributed by atoms with van der Waals surface area (Å²) in [7, 11) is 1.97. The van der Waals surface area contributed by atoms with Crippen molar-refractivity contribution in [1.29, 1.82) is 0 Å². The maximum atomic E-state index is 13.4. The first-order valence-electron chi connectivity index (χ1n) is 10.5. The summed E-state index contributed by atoms with van der Waals surface area (Å²) in [5, 5.41) is 0.254. The van der Waals surface area contributed by atoms with Gasteiger partial charge in [0.25, 0.3) is 5.91 Å². The van der Waals surface area contributed by atoms with Crippen LogP contribution in [0, 0.1) is 13.5 Å². The SMILES string of the molecule is [C-]#[N+]c1ccc(N2C(=O)N(Cc3ccc(-c4cc[n+](C)cc4)cc3)C(C)(C)C2=O)c(C)c1Cl. The highest BCUT2D eigenvalue weighted by atomic mass is 35.5. The summed E-state index contributed by atoms with van der Waals surface area (Å²) in [5.74, 6) is -0.323. The molecule has 1 fully saturated rings. The van der Waals surface area contributed by atoms with E-state index in [2.05, 4.69) is 4.85 Å². The van der Waals surface area contributed by atoms with Gasteiger partial charge in [0.05, 0.1) is 17.3 Å². The van der Waals surface area contributed by atoms with Gasteiger partial charge in [-0.1, -0.05) is 41.9 Å². The van der Waals surface area contributed by atoms with Gasteiger partial charge in [0.15, 0.2) is 12.4 Å². The van der Waals surface area contributed by atoms with Crippen LogP contribution in [0.15, 0.2) is 60.9 Å². The van der Waals surface area contributed by atoms with E-state index in [1.807, 2.05) is 60.4 Å². The minimum Gasteiger partial charge on any atom is -0.305 e. The lowest BCUT2D eigenvalue weighted by Crippen LogP contribution is -2.43. The fourth-order valence-corrected chi connectivity index (χ4v) is 4.18. The number of aromatic nitrogens is 1. The predicted octanol–water partition coefficient (Wildman–Crippen LogP) is 5.44. The summed E-state index contributed by atoms with van der Waals surface area (Å²) >= 11 is 6.31. The third kappa shape index (κ3) is 3.85. The van der Waals surface area contributed by atoms with E-state index in [1.54, 1.807) is 31.7 Å². The first-order chi connectivity index (χ1) is 15.6. The Kier molecular flexibility index (Phi) is 5.69. The van der Waals surface area contributed by atoms with Crippen LogP contribution in [0.2, 0.25) is 5.02 Å². The van der Waals surface area contributed by atoms with Gasteiger partial charge in [-0.05, 0) is 49.1 Å². The zero-order valence-electron chi connectivity index (χ0n) is 19.0. The predicted molar refractivity (Wildman–Crippen MR) is 128 cm³/mol. The normalized spacial score (nSPS) is 15.2. The highest BCUT2D eigenvalue weighted by Gasteiger charge is 2.52. The van der Waals surface area contributed by atoms with E-state index in [9.17, 15) is 9.59 Å². The standard InChI is InChI=1S/C26H24ClN4O2/c1-17-22(11-10-21(28-4)23(17)27)31-24(32)26(2,3)30(25(31)33)16-18-6-8-19(9-7-18)20-12-14-29(5)15-13-20/h6-15H,16H2,1-3,5H3/q+1. The van der Waals surface area contributed by atoms with Crippen molar-refractivity contribution in [2.75, 3.05) is 4.90 Å². The first-order valence-corrected chi connectivity index (χ1v) is 10.9. The van der Waals surface area contributed by atoms with E-state index < -0.39 is 11.6 Å². The molecule has 0 aliphatic carbocycles. The molecule has 1 aliphatic heterocycles. The van der Waals surface area contributed by atoms with Gasteiger partial charge >= 0.3 is 6.03 Å². The highest BCUT2D eigenvalue weighted by Crippen LogP contribution is 2.39. The fourth-order valence-electron chi connectivity index (χ4n) is 3.98. The van der Waals surface area contributed by atoms with Crippen LogP contribution < -0.4 is 9.47 Å². The van der Waals surface area contributed by atoms with Gasteiger partial charge < -0.3 is 4.90 Å². The molecule has 0 unspecified atom stereocenters. The molecule has 0 spiro atoms. The fraction of sp³-hybridized carbons (Fsp3) is 0.231. The summed E-state index contributed by atoms with van der Waals surface area (Å²) < 4.78 is 1.98. The molecule has 0 atom stereocenters. The van der Waals surface area contributed by atoms with E-state index in [4.69, 9.17) is 18.2 Å². The number of urea groups is 1. The van der Waals surface area contributed by atoms with Crippen molar-refractivity contribution in [2.24, 2.45) is 7.05 Å². The molecule has 1 saturated heterocycles. The lowest BCUT2D eigenvalue weighted by atomic mass is 10.0. The zero-order valence-corrected chi connectivity index (χ0v) is 19.7. The van der Waals surface area contributed by atoms with E-state index in [0.717, 1.165) is 16.7 Å². The second kappa shape index (κ2) is 8.34. The number of pyridine rings is 1. The van der Waals surface area contributed by atoms with Crippen molar-refractivity contribution in [2.45, 2.75) is 32.9 Å². The molecule has 2 heterocycles. The number of hydrogen-bond donors (Lipinski definition) is 0. The van der Waals surface area contributed by atoms with Crippen LogP contribution in [0.1, 0.15) is 25.0 Å². The lowest BCUT2D eigenvalue weighted by Gasteiger charge is -2.27. The van der Waals surface area contributed by atoms with Crippen LogP contribution in [0.3, 0.4) is 0 Å². The molecule has 7 heteroatoms. The number of nitrogens with zero attached hydrogens (tertiary/aromatic N) is 4. The van der Waals surface area contributed by atoms with Crippen molar-refractivity contribution in [3.8, 4) is 11.1 Å². The van der Waals surface area contributed by atoms with Gasteiger partial charge in [0, 0.05) is 18.7 Å². The van der Waals surface area contributed by atoms with Gasteiger partial charge in [-0.3, -0.25) is 4.79 Å². The smallest absolute Gasteiger partial charge is 0.305 e. The Bertz CT molecular complexity index is 1290. The van der Waals surface area contributed by atoms with E-state index in [1.165, 1.54) is 11.0 Å². The zero-order chi connectivity index (χ0) is 23.9. The van der Waals surface area contributed by atoms with Crippen molar-refractivity contribution in [3.63, 3.8) is 0 Å². The number of amides is 3. The average molecular weight is 460 g/mol. The molecule has 0 N–H and O–H groups in total. The lowest BCUT2D eigenvalue weighted by molar-refractivity contribution is -0.671. The molecular weight excluding hydrogens is 436 g/mol. The molecule has 2 aromatic carbocycles. The Labute approximate surface area is 198 Å². The van der Waals surface area contributed by atoms with Crippen LogP contribution in [-0.2, 0) is 18.4 Å². The molecule has 33 heavy (non-hydrogen) atoms. The minimum atomic E-state index is -1.03. The summed E-state index contributed by atoms with van der Waals surface area (Å²) in [6.45, 7) is 12.7. The molecule has 1 aliphatic rings. The second-order valence-corrected chi connectivity index (χ2v) is 9.05. The number of imide groups is 1. The second-order valence-electron chi connectivity index (χ2n) is 8.67. The van der Waals surface area contributed by atoms with Crippen LogP contribution >= 0.6 is 11.6 Å². The van der Waals surface area contributed by atoms with Gasteiger partial charge in [-0.15, -0.1) is 0 Å². The van der Waals surface area contributed by atoms with E-state index in [-0.39, 0.29) is 10.9 Å². The van der Waals surface area contributed by atoms with Crippen LogP contribution in [0.4, 0.5) is 16.2 Å². The molecule has 3 amide bonds. The maximum absolute atomic E-state index is 13.4. The molecule has 0 radical (unpaired) electrons. The molecule has 3 aromatic rings. The Morgan fingerprint density at radius 3 is 2.21 bits per heavy atom. The number of aryl methyl sites for hydroxylation is 1. The molecule has 6 nitrogen and oxygen atoms in total. The summed E-state index contributed by atoms with van der Waals surface area (Å²) in [6.07, 6.45) is 3.99. The van der Waals surface area contributed by atoms with Crippen molar-refractivity contribution < 1.29 is 14.2 Å². The van der Waals surface area contributed by atoms with E-state index >= 15 is 0 Å². The van der Waals surface area contributed by atoms with Gasteiger partial charge in [0.1, 0.15) is 12.6 Å². The molecule has 0 bridgehead atoms. The van der Waals surface area contributed by atoms with Crippen LogP contribution in [-0.4, -0.2) is 22.4 Å². The van der Waals surface area contributed by atoms with Gasteiger partial charge in [-0.2, -0.15) is 0 Å². The monoisotopic (exact) mass is 459 g/mol. The van der Waals surface area contributed by atoms with Crippen molar-refractivity contribution in [1.82, 2.24) is 4.90 Å². The maximum Gasteiger partial charge on any atom is 0.332 e. The van der Waals surface area contributed by atoms with Crippen LogP contribution in [0.5, 0.6) is 0 Å². The Morgan fingerprint density at radius 2 is 1.61 bits per heavy atom. The number of benzene rings is 2. The van der Waals surface area contributed by atoms with Crippen LogP contribution in [0.25, 0.3) is 16.0 Å². The van der Waals surface area contributed by atoms with Gasteiger partial charge in [0.2, 0.25) is 5.69 Å². The molecule has 0 saturated carbocycles. The largest absolute Gasteiger partial charge is 0.332 e. The third-order valence-electron chi connectivity index (χ3n) is 6.13. The Balaban J connectivity index is 1.62. The Hall–Kier alpha value is -3.69. The number of rotatable bonds is 4. The summed E-state index contributed by atoms with van der Waals surface area (Å²) in [5.41, 5.74) is 3.31. The molecular formula is C26H24ClN4O2+. The first kappa shape index (κ1) is 22.5. The summed E-state index contributed by atoms with van der Waals surface area (Å²) in [6, 6.07) is 14.8. The molecule has 166 valence electrons. The number of halogens is 1. The van der Waals surface area contributed by atoms with Crippen molar-refractivity contribution >= 4 is 34.9 Å². The Morgan fingerprint density at radius 1 is 1.00 bits per heavy atom. The topological polar surface area (TPSA) is 48.9 Å². The minimum absolute atomic E-state index is 0.254. The highest BCUT2D eigenvalue weighted by molar-refractivity contribution is 6.35. The summed E-state index contributed by atoms with van der Waals surface area (Å²) in [4.78, 5) is 32.8. The number of carbonyl (C=O) groups excluding carboxylic acids is 2. The number of carbonyl (C=O) groups is 2. The quantitative estimate of drug-likeness (QED) is 0.296. The number of hydrogen-bond acceptors (Lipinski definition) is 2. The molecule has 4 rings (SSSR count).